The van der Waals surface area contributed by atoms with E-state index in [1.807, 2.05) is 18.4 Å². The molecule has 0 unspecified atom stereocenters. The number of alkyl halides is 3. The van der Waals surface area contributed by atoms with Gasteiger partial charge in [0.25, 0.3) is 5.91 Å². The summed E-state index contributed by atoms with van der Waals surface area (Å²) < 4.78 is 45.3. The SMILES string of the molecule is Cc1ccsc1-c1noc(N)c1C(=O)NCc1ccc(OC(F)(F)F)cc1. The number of benzene rings is 1. The highest BCUT2D eigenvalue weighted by Crippen LogP contribution is 2.33. The summed E-state index contributed by atoms with van der Waals surface area (Å²) in [5.74, 6) is -0.937. The van der Waals surface area contributed by atoms with Gasteiger partial charge in [-0.05, 0) is 41.6 Å². The third-order valence-electron chi connectivity index (χ3n) is 3.63. The summed E-state index contributed by atoms with van der Waals surface area (Å²) in [6, 6.07) is 7.06. The van der Waals surface area contributed by atoms with Gasteiger partial charge in [0.15, 0.2) is 0 Å². The van der Waals surface area contributed by atoms with Crippen LogP contribution in [-0.4, -0.2) is 17.4 Å². The zero-order valence-electron chi connectivity index (χ0n) is 14.0. The minimum Gasteiger partial charge on any atom is -0.406 e. The van der Waals surface area contributed by atoms with E-state index in [0.29, 0.717) is 11.3 Å². The van der Waals surface area contributed by atoms with Crippen molar-refractivity contribution < 1.29 is 27.2 Å². The Bertz CT molecular complexity index is 948. The largest absolute Gasteiger partial charge is 0.573 e. The lowest BCUT2D eigenvalue weighted by Crippen LogP contribution is -2.24. The molecule has 0 saturated heterocycles. The van der Waals surface area contributed by atoms with Crippen LogP contribution in [-0.2, 0) is 6.54 Å². The zero-order chi connectivity index (χ0) is 19.6. The first kappa shape index (κ1) is 18.8. The molecule has 10 heteroatoms. The number of ether oxygens (including phenoxy) is 1. The number of halogens is 3. The first-order valence-corrected chi connectivity index (χ1v) is 8.55. The van der Waals surface area contributed by atoms with Crippen molar-refractivity contribution in [1.82, 2.24) is 10.5 Å². The van der Waals surface area contributed by atoms with Crippen LogP contribution in [0.4, 0.5) is 19.1 Å². The standard InChI is InChI=1S/C17H14F3N3O3S/c1-9-6-7-27-14(9)13-12(15(21)26-23-13)16(24)22-8-10-2-4-11(5-3-10)25-17(18,19)20/h2-7H,8,21H2,1H3,(H,22,24). The molecule has 2 heterocycles. The maximum absolute atomic E-state index is 12.5. The molecule has 3 rings (SSSR count). The average Bonchev–Trinajstić information content (AvgIpc) is 3.18. The number of nitrogen functional groups attached to an aromatic ring is 1. The highest BCUT2D eigenvalue weighted by molar-refractivity contribution is 7.13. The Hall–Kier alpha value is -3.01. The van der Waals surface area contributed by atoms with Crippen LogP contribution in [0, 0.1) is 6.92 Å². The molecular formula is C17H14F3N3O3S. The van der Waals surface area contributed by atoms with Crippen LogP contribution in [0.2, 0.25) is 0 Å². The maximum atomic E-state index is 12.5. The Morgan fingerprint density at radius 1 is 1.30 bits per heavy atom. The van der Waals surface area contributed by atoms with Crippen LogP contribution in [0.15, 0.2) is 40.2 Å². The van der Waals surface area contributed by atoms with E-state index in [-0.39, 0.29) is 23.7 Å². The molecule has 0 atom stereocenters. The molecule has 27 heavy (non-hydrogen) atoms. The molecule has 6 nitrogen and oxygen atoms in total. The van der Waals surface area contributed by atoms with E-state index < -0.39 is 12.3 Å². The molecule has 142 valence electrons. The second kappa shape index (κ2) is 7.31. The number of aryl methyl sites for hydroxylation is 1. The number of nitrogens with two attached hydrogens (primary N) is 1. The van der Waals surface area contributed by atoms with Crippen molar-refractivity contribution in [3.8, 4) is 16.3 Å². The van der Waals surface area contributed by atoms with Gasteiger partial charge in [0.05, 0.1) is 4.88 Å². The molecule has 1 amide bonds. The molecule has 3 N–H and O–H groups in total. The minimum atomic E-state index is -4.75. The third kappa shape index (κ3) is 4.40. The molecule has 0 aliphatic rings. The van der Waals surface area contributed by atoms with E-state index in [4.69, 9.17) is 10.3 Å². The summed E-state index contributed by atoms with van der Waals surface area (Å²) in [5.41, 5.74) is 7.73. The van der Waals surface area contributed by atoms with Gasteiger partial charge in [-0.15, -0.1) is 24.5 Å². The van der Waals surface area contributed by atoms with Crippen molar-refractivity contribution in [1.29, 1.82) is 0 Å². The van der Waals surface area contributed by atoms with Gasteiger partial charge in [0, 0.05) is 6.54 Å². The molecule has 0 radical (unpaired) electrons. The second-order valence-corrected chi connectivity index (χ2v) is 6.49. The van der Waals surface area contributed by atoms with Gasteiger partial charge in [0.2, 0.25) is 5.88 Å². The molecule has 3 aromatic rings. The first-order valence-electron chi connectivity index (χ1n) is 7.67. The Balaban J connectivity index is 1.70. The van der Waals surface area contributed by atoms with Crippen LogP contribution in [0.1, 0.15) is 21.5 Å². The fraction of sp³-hybridized carbons (Fsp3) is 0.176. The molecule has 0 aliphatic carbocycles. The molecule has 0 aliphatic heterocycles. The van der Waals surface area contributed by atoms with Gasteiger partial charge in [0.1, 0.15) is 17.0 Å². The monoisotopic (exact) mass is 397 g/mol. The van der Waals surface area contributed by atoms with Gasteiger partial charge in [-0.1, -0.05) is 17.3 Å². The number of carbonyl (C=O) groups excluding carboxylic acids is 1. The number of anilines is 1. The Morgan fingerprint density at radius 2 is 2.00 bits per heavy atom. The molecule has 1 aromatic carbocycles. The van der Waals surface area contributed by atoms with E-state index >= 15 is 0 Å². The van der Waals surface area contributed by atoms with Crippen molar-refractivity contribution >= 4 is 23.1 Å². The fourth-order valence-electron chi connectivity index (χ4n) is 2.37. The summed E-state index contributed by atoms with van der Waals surface area (Å²) in [6.07, 6.45) is -4.75. The number of thiophene rings is 1. The van der Waals surface area contributed by atoms with Crippen molar-refractivity contribution in [2.75, 3.05) is 5.73 Å². The fourth-order valence-corrected chi connectivity index (χ4v) is 3.29. The number of hydrogen-bond donors (Lipinski definition) is 2. The number of nitrogens with zero attached hydrogens (tertiary/aromatic N) is 1. The van der Waals surface area contributed by atoms with Gasteiger partial charge < -0.3 is 20.3 Å². The smallest absolute Gasteiger partial charge is 0.406 e. The van der Waals surface area contributed by atoms with Crippen molar-refractivity contribution in [2.45, 2.75) is 19.8 Å². The molecule has 0 bridgehead atoms. The van der Waals surface area contributed by atoms with Crippen LogP contribution in [0.5, 0.6) is 5.75 Å². The first-order chi connectivity index (χ1) is 12.7. The quantitative estimate of drug-likeness (QED) is 0.676. The summed E-state index contributed by atoms with van der Waals surface area (Å²) in [6.45, 7) is 1.96. The average molecular weight is 397 g/mol. The summed E-state index contributed by atoms with van der Waals surface area (Å²) in [5, 5.41) is 8.38. The Kier molecular flexibility index (Phi) is 5.08. The van der Waals surface area contributed by atoms with Crippen LogP contribution in [0.3, 0.4) is 0 Å². The summed E-state index contributed by atoms with van der Waals surface area (Å²) in [4.78, 5) is 13.3. The van der Waals surface area contributed by atoms with Crippen LogP contribution in [0.25, 0.3) is 10.6 Å². The number of nitrogens with one attached hydrogen (secondary N) is 1. The molecular weight excluding hydrogens is 383 g/mol. The highest BCUT2D eigenvalue weighted by Gasteiger charge is 2.31. The number of hydrogen-bond acceptors (Lipinski definition) is 6. The van der Waals surface area contributed by atoms with Crippen LogP contribution < -0.4 is 15.8 Å². The maximum Gasteiger partial charge on any atom is 0.573 e. The van der Waals surface area contributed by atoms with E-state index in [1.54, 1.807) is 0 Å². The van der Waals surface area contributed by atoms with Gasteiger partial charge in [-0.25, -0.2) is 0 Å². The van der Waals surface area contributed by atoms with E-state index in [1.165, 1.54) is 35.6 Å². The highest BCUT2D eigenvalue weighted by atomic mass is 32.1. The van der Waals surface area contributed by atoms with E-state index in [0.717, 1.165) is 10.4 Å². The lowest BCUT2D eigenvalue weighted by atomic mass is 10.1. The molecule has 0 spiro atoms. The van der Waals surface area contributed by atoms with Gasteiger partial charge in [-0.2, -0.15) is 0 Å². The molecule has 0 saturated carbocycles. The van der Waals surface area contributed by atoms with Crippen molar-refractivity contribution in [3.63, 3.8) is 0 Å². The Labute approximate surface area is 155 Å². The number of aromatic nitrogens is 1. The predicted octanol–water partition coefficient (Wildman–Crippen LogP) is 4.12. The number of amides is 1. The lowest BCUT2D eigenvalue weighted by Gasteiger charge is -2.10. The lowest BCUT2D eigenvalue weighted by molar-refractivity contribution is -0.274. The summed E-state index contributed by atoms with van der Waals surface area (Å²) in [7, 11) is 0. The van der Waals surface area contributed by atoms with Gasteiger partial charge in [-0.3, -0.25) is 4.79 Å². The minimum absolute atomic E-state index is 0.0820. The summed E-state index contributed by atoms with van der Waals surface area (Å²) >= 11 is 1.40. The van der Waals surface area contributed by atoms with Crippen molar-refractivity contribution in [3.05, 3.63) is 52.4 Å². The number of rotatable bonds is 5. The topological polar surface area (TPSA) is 90.4 Å². The van der Waals surface area contributed by atoms with Crippen LogP contribution >= 0.6 is 11.3 Å². The third-order valence-corrected chi connectivity index (χ3v) is 4.66. The normalized spacial score (nSPS) is 11.4. The second-order valence-electron chi connectivity index (χ2n) is 5.58. The van der Waals surface area contributed by atoms with Gasteiger partial charge >= 0.3 is 6.36 Å². The zero-order valence-corrected chi connectivity index (χ0v) is 14.8. The van der Waals surface area contributed by atoms with E-state index in [2.05, 4.69) is 15.2 Å². The predicted molar refractivity (Wildman–Crippen MR) is 93.3 cm³/mol. The Morgan fingerprint density at radius 3 is 2.59 bits per heavy atom. The molecule has 0 fully saturated rings. The van der Waals surface area contributed by atoms with E-state index in [9.17, 15) is 18.0 Å². The number of carbonyl (C=O) groups is 1. The molecule has 2 aromatic heterocycles. The van der Waals surface area contributed by atoms with Crippen molar-refractivity contribution in [2.24, 2.45) is 0 Å².